The summed E-state index contributed by atoms with van der Waals surface area (Å²) in [4.78, 5) is 9.44. The van der Waals surface area contributed by atoms with Gasteiger partial charge in [-0.2, -0.15) is 0 Å². The molecule has 0 unspecified atom stereocenters. The van der Waals surface area contributed by atoms with Crippen molar-refractivity contribution in [1.82, 2.24) is 9.97 Å². The number of rotatable bonds is 3. The molecule has 44 heavy (non-hydrogen) atoms. The molecule has 0 spiro atoms. The zero-order valence-electron chi connectivity index (χ0n) is 24.2. The van der Waals surface area contributed by atoms with Gasteiger partial charge in [-0.1, -0.05) is 103 Å². The Kier molecular flexibility index (Phi) is 5.67. The first-order valence-electron chi connectivity index (χ1n) is 15.3. The summed E-state index contributed by atoms with van der Waals surface area (Å²) in [7, 11) is 0. The zero-order chi connectivity index (χ0) is 29.0. The Balaban J connectivity index is 1.28. The van der Waals surface area contributed by atoms with Crippen LogP contribution in [0.15, 0.2) is 134 Å². The molecule has 0 saturated carbocycles. The molecule has 0 amide bonds. The van der Waals surface area contributed by atoms with Crippen LogP contribution in [0.1, 0.15) is 12.8 Å². The SMILES string of the molecule is C1=c2ccc3c(cc(-c4ccc(-c5c6ccccc6c(-c6ccncc6)c6ccccc56)cn4)c4ccccc43)c2=CCC1. The molecule has 2 nitrogen and oxygen atoms in total. The lowest BCUT2D eigenvalue weighted by Gasteiger charge is -2.17. The summed E-state index contributed by atoms with van der Waals surface area (Å²) < 4.78 is 0. The number of hydrogen-bond acceptors (Lipinski definition) is 2. The average Bonchev–Trinajstić information content (AvgIpc) is 3.10. The molecule has 206 valence electrons. The molecule has 6 aromatic carbocycles. The van der Waals surface area contributed by atoms with Gasteiger partial charge in [-0.25, -0.2) is 0 Å². The van der Waals surface area contributed by atoms with Crippen LogP contribution in [0.5, 0.6) is 0 Å². The largest absolute Gasteiger partial charge is 0.265 e. The molecule has 2 aromatic heterocycles. The van der Waals surface area contributed by atoms with Crippen LogP contribution in [0, 0.1) is 0 Å². The fourth-order valence-corrected chi connectivity index (χ4v) is 7.27. The Labute approximate surface area is 255 Å². The summed E-state index contributed by atoms with van der Waals surface area (Å²) in [5.74, 6) is 0. The van der Waals surface area contributed by atoms with Crippen LogP contribution >= 0.6 is 0 Å². The quantitative estimate of drug-likeness (QED) is 0.159. The van der Waals surface area contributed by atoms with E-state index >= 15 is 0 Å². The van der Waals surface area contributed by atoms with Crippen LogP contribution in [-0.2, 0) is 0 Å². The van der Waals surface area contributed by atoms with Gasteiger partial charge in [-0.05, 0) is 107 Å². The normalized spacial score (nSPS) is 12.7. The molecule has 0 bridgehead atoms. The van der Waals surface area contributed by atoms with Crippen molar-refractivity contribution in [3.8, 4) is 33.5 Å². The van der Waals surface area contributed by atoms with Gasteiger partial charge in [-0.3, -0.25) is 9.97 Å². The lowest BCUT2D eigenvalue weighted by molar-refractivity contribution is 1.12. The standard InChI is InChI=1S/C42H28N2/c1-2-10-30-27(9-1)17-19-33-31-11-3-4-12-32(31)39(25-38(30)33)40-20-18-29(26-44-40)42-36-15-7-5-13-34(36)41(28-21-23-43-24-22-28)35-14-6-8-16-37(35)42/h3-26H,1-2H2. The topological polar surface area (TPSA) is 25.8 Å². The fourth-order valence-electron chi connectivity index (χ4n) is 7.27. The number of pyridine rings is 2. The van der Waals surface area contributed by atoms with Crippen molar-refractivity contribution in [1.29, 1.82) is 0 Å². The summed E-state index contributed by atoms with van der Waals surface area (Å²) in [6.45, 7) is 0. The van der Waals surface area contributed by atoms with Crippen LogP contribution in [0.25, 0.3) is 88.8 Å². The van der Waals surface area contributed by atoms with Crippen molar-refractivity contribution < 1.29 is 0 Å². The molecule has 0 N–H and O–H groups in total. The summed E-state index contributed by atoms with van der Waals surface area (Å²) in [6.07, 6.45) is 12.8. The first kappa shape index (κ1) is 24.9. The lowest BCUT2D eigenvalue weighted by atomic mass is 9.86. The van der Waals surface area contributed by atoms with E-state index in [4.69, 9.17) is 4.98 Å². The van der Waals surface area contributed by atoms with Crippen molar-refractivity contribution in [3.05, 3.63) is 144 Å². The number of hydrogen-bond donors (Lipinski definition) is 0. The van der Waals surface area contributed by atoms with Crippen molar-refractivity contribution in [3.63, 3.8) is 0 Å². The van der Waals surface area contributed by atoms with Crippen LogP contribution in [-0.4, -0.2) is 9.97 Å². The van der Waals surface area contributed by atoms with E-state index in [1.54, 1.807) is 0 Å². The highest BCUT2D eigenvalue weighted by Gasteiger charge is 2.17. The Hall–Kier alpha value is -5.60. The first-order valence-corrected chi connectivity index (χ1v) is 15.3. The Morgan fingerprint density at radius 2 is 1.05 bits per heavy atom. The van der Waals surface area contributed by atoms with Gasteiger partial charge in [0, 0.05) is 29.7 Å². The maximum atomic E-state index is 5.16. The second kappa shape index (κ2) is 10.00. The van der Waals surface area contributed by atoms with E-state index in [2.05, 4.69) is 139 Å². The van der Waals surface area contributed by atoms with Gasteiger partial charge in [-0.15, -0.1) is 0 Å². The van der Waals surface area contributed by atoms with Crippen LogP contribution in [0.3, 0.4) is 0 Å². The van der Waals surface area contributed by atoms with Gasteiger partial charge in [0.15, 0.2) is 0 Å². The van der Waals surface area contributed by atoms with Gasteiger partial charge in [0.05, 0.1) is 5.69 Å². The highest BCUT2D eigenvalue weighted by molar-refractivity contribution is 6.21. The van der Waals surface area contributed by atoms with Crippen molar-refractivity contribution in [2.45, 2.75) is 12.8 Å². The first-order chi connectivity index (χ1) is 21.8. The van der Waals surface area contributed by atoms with Crippen LogP contribution < -0.4 is 10.4 Å². The minimum absolute atomic E-state index is 0.992. The molecule has 9 rings (SSSR count). The summed E-state index contributed by atoms with van der Waals surface area (Å²) >= 11 is 0. The molecule has 8 aromatic rings. The number of benzene rings is 6. The van der Waals surface area contributed by atoms with E-state index in [9.17, 15) is 0 Å². The Bertz CT molecular complexity index is 2470. The van der Waals surface area contributed by atoms with E-state index in [0.717, 1.165) is 24.1 Å². The monoisotopic (exact) mass is 560 g/mol. The Morgan fingerprint density at radius 1 is 0.455 bits per heavy atom. The molecule has 1 aliphatic rings. The summed E-state index contributed by atoms with van der Waals surface area (Å²) in [6, 6.07) is 41.8. The lowest BCUT2D eigenvalue weighted by Crippen LogP contribution is -2.27. The van der Waals surface area contributed by atoms with Crippen LogP contribution in [0.4, 0.5) is 0 Å². The molecule has 0 fully saturated rings. The second-order valence-corrected chi connectivity index (χ2v) is 11.6. The summed E-state index contributed by atoms with van der Waals surface area (Å²) in [5.41, 5.74) is 6.92. The number of fused-ring (bicyclic) bond motifs is 7. The van der Waals surface area contributed by atoms with Gasteiger partial charge >= 0.3 is 0 Å². The maximum absolute atomic E-state index is 5.16. The average molecular weight is 561 g/mol. The molecule has 0 saturated heterocycles. The zero-order valence-corrected chi connectivity index (χ0v) is 24.2. The summed E-state index contributed by atoms with van der Waals surface area (Å²) in [5, 5.41) is 12.7. The third-order valence-electron chi connectivity index (χ3n) is 9.22. The third-order valence-corrected chi connectivity index (χ3v) is 9.22. The highest BCUT2D eigenvalue weighted by Crippen LogP contribution is 2.43. The van der Waals surface area contributed by atoms with Gasteiger partial charge in [0.25, 0.3) is 0 Å². The fraction of sp³-hybridized carbons (Fsp3) is 0.0476. The molecule has 0 aliphatic heterocycles. The minimum atomic E-state index is 0.992. The predicted octanol–water partition coefficient (Wildman–Crippen LogP) is 9.45. The molecule has 1 aliphatic carbocycles. The van der Waals surface area contributed by atoms with E-state index in [-0.39, 0.29) is 0 Å². The van der Waals surface area contributed by atoms with Gasteiger partial charge in [0.2, 0.25) is 0 Å². The second-order valence-electron chi connectivity index (χ2n) is 11.6. The molecule has 2 heterocycles. The maximum Gasteiger partial charge on any atom is 0.0708 e. The molecular weight excluding hydrogens is 532 g/mol. The molecule has 0 radical (unpaired) electrons. The van der Waals surface area contributed by atoms with Gasteiger partial charge in [0.1, 0.15) is 0 Å². The minimum Gasteiger partial charge on any atom is -0.265 e. The van der Waals surface area contributed by atoms with E-state index in [0.29, 0.717) is 0 Å². The smallest absolute Gasteiger partial charge is 0.0708 e. The van der Waals surface area contributed by atoms with E-state index in [1.807, 2.05) is 12.4 Å². The molecule has 2 heteroatoms. The number of aromatic nitrogens is 2. The Morgan fingerprint density at radius 3 is 1.70 bits per heavy atom. The van der Waals surface area contributed by atoms with Crippen molar-refractivity contribution in [2.75, 3.05) is 0 Å². The van der Waals surface area contributed by atoms with Gasteiger partial charge < -0.3 is 0 Å². The molecular formula is C42H28N2. The third kappa shape index (κ3) is 3.81. The highest BCUT2D eigenvalue weighted by atomic mass is 14.7. The van der Waals surface area contributed by atoms with Crippen molar-refractivity contribution >= 4 is 55.2 Å². The predicted molar refractivity (Wildman–Crippen MR) is 186 cm³/mol. The van der Waals surface area contributed by atoms with E-state index in [1.165, 1.54) is 75.8 Å². The van der Waals surface area contributed by atoms with Crippen molar-refractivity contribution in [2.24, 2.45) is 0 Å². The molecule has 0 atom stereocenters. The number of nitrogens with zero attached hydrogens (tertiary/aromatic N) is 2. The van der Waals surface area contributed by atoms with E-state index < -0.39 is 0 Å². The van der Waals surface area contributed by atoms with Crippen LogP contribution in [0.2, 0.25) is 0 Å².